The van der Waals surface area contributed by atoms with Crippen molar-refractivity contribution in [3.63, 3.8) is 0 Å². The Morgan fingerprint density at radius 2 is 2.24 bits per heavy atom. The molecule has 1 aromatic rings. The Hall–Kier alpha value is -0.980. The molecule has 5 nitrogen and oxygen atoms in total. The molecule has 0 unspecified atom stereocenters. The number of rotatable bonds is 2. The number of carbonyl (C=O) groups is 1. The monoisotopic (exact) mass is 310 g/mol. The van der Waals surface area contributed by atoms with Crippen molar-refractivity contribution in [1.29, 1.82) is 0 Å². The molecule has 2 atom stereocenters. The van der Waals surface area contributed by atoms with E-state index in [1.165, 1.54) is 9.88 Å². The fourth-order valence-corrected chi connectivity index (χ4v) is 3.93. The van der Waals surface area contributed by atoms with Crippen LogP contribution < -0.4 is 0 Å². The molecule has 1 aromatic heterocycles. The first kappa shape index (κ1) is 14.9. The molecule has 0 aliphatic carbocycles. The maximum absolute atomic E-state index is 12.5. The lowest BCUT2D eigenvalue weighted by Crippen LogP contribution is -2.48. The summed E-state index contributed by atoms with van der Waals surface area (Å²) in [6.45, 7) is 7.21. The normalized spacial score (nSPS) is 26.9. The van der Waals surface area contributed by atoms with Gasteiger partial charge in [0.1, 0.15) is 0 Å². The molecule has 0 N–H and O–H groups in total. The van der Waals surface area contributed by atoms with Gasteiger partial charge in [0, 0.05) is 23.9 Å². The molecular weight excluding hydrogens is 288 g/mol. The van der Waals surface area contributed by atoms with Crippen LogP contribution in [0.3, 0.4) is 0 Å². The Balaban J connectivity index is 1.66. The fraction of sp³-hybridized carbons (Fsp3) is 0.733. The summed E-state index contributed by atoms with van der Waals surface area (Å²) in [5, 5.41) is 1.17. The lowest BCUT2D eigenvalue weighted by molar-refractivity contribution is -0.159. The summed E-state index contributed by atoms with van der Waals surface area (Å²) < 4.78 is 10.9. The maximum atomic E-state index is 12.5. The van der Waals surface area contributed by atoms with Gasteiger partial charge in [-0.1, -0.05) is 0 Å². The summed E-state index contributed by atoms with van der Waals surface area (Å²) in [6, 6.07) is 0. The van der Waals surface area contributed by atoms with E-state index in [1.54, 1.807) is 11.3 Å². The van der Waals surface area contributed by atoms with Crippen LogP contribution in [0, 0.1) is 13.8 Å². The van der Waals surface area contributed by atoms with Gasteiger partial charge in [-0.3, -0.25) is 4.79 Å². The van der Waals surface area contributed by atoms with Gasteiger partial charge in [-0.2, -0.15) is 0 Å². The number of hydrogen-bond donors (Lipinski definition) is 0. The molecule has 2 aliphatic rings. The van der Waals surface area contributed by atoms with Crippen LogP contribution in [0.2, 0.25) is 0 Å². The number of amides is 1. The molecule has 0 aromatic carbocycles. The first-order valence-corrected chi connectivity index (χ1v) is 8.39. The minimum atomic E-state index is -0.419. The number of aromatic nitrogens is 1. The number of thiazole rings is 1. The number of ether oxygens (including phenoxy) is 2. The van der Waals surface area contributed by atoms with Crippen LogP contribution in [0.4, 0.5) is 0 Å². The minimum Gasteiger partial charge on any atom is -0.376 e. The zero-order valence-corrected chi connectivity index (χ0v) is 13.4. The summed E-state index contributed by atoms with van der Waals surface area (Å²) in [7, 11) is 0. The number of likely N-dealkylation sites (tertiary alicyclic amines) is 1. The van der Waals surface area contributed by atoms with Gasteiger partial charge >= 0.3 is 0 Å². The van der Waals surface area contributed by atoms with Crippen LogP contribution in [-0.4, -0.2) is 54.8 Å². The highest BCUT2D eigenvalue weighted by molar-refractivity contribution is 7.11. The Kier molecular flexibility index (Phi) is 4.57. The van der Waals surface area contributed by atoms with E-state index in [0.29, 0.717) is 25.7 Å². The Morgan fingerprint density at radius 1 is 1.38 bits per heavy atom. The molecule has 21 heavy (non-hydrogen) atoms. The van der Waals surface area contributed by atoms with Crippen LogP contribution in [0.1, 0.15) is 34.3 Å². The second-order valence-electron chi connectivity index (χ2n) is 5.75. The third-order valence-corrected chi connectivity index (χ3v) is 5.45. The van der Waals surface area contributed by atoms with Crippen molar-refractivity contribution >= 4 is 17.2 Å². The SMILES string of the molecule is Cc1nc([C@@H]2CCCN(C(=O)[C@H]3COCCO3)C2)sc1C. The average molecular weight is 310 g/mol. The van der Waals surface area contributed by atoms with Crippen LogP contribution in [0.5, 0.6) is 0 Å². The fourth-order valence-electron chi connectivity index (χ4n) is 2.89. The standard InChI is InChI=1S/C15H22N2O3S/c1-10-11(2)21-14(16-10)12-4-3-5-17(8-12)15(18)13-9-19-6-7-20-13/h12-13H,3-9H2,1-2H3/t12-,13-/m1/s1. The van der Waals surface area contributed by atoms with Gasteiger partial charge in [-0.05, 0) is 26.7 Å². The first-order valence-electron chi connectivity index (χ1n) is 7.57. The number of piperidine rings is 1. The number of carbonyl (C=O) groups excluding carboxylic acids is 1. The summed E-state index contributed by atoms with van der Waals surface area (Å²) in [6.07, 6.45) is 1.72. The van der Waals surface area contributed by atoms with Gasteiger partial charge in [0.2, 0.25) is 0 Å². The highest BCUT2D eigenvalue weighted by atomic mass is 32.1. The van der Waals surface area contributed by atoms with E-state index in [9.17, 15) is 4.79 Å². The van der Waals surface area contributed by atoms with Crippen LogP contribution >= 0.6 is 11.3 Å². The topological polar surface area (TPSA) is 51.7 Å². The van der Waals surface area contributed by atoms with Crippen LogP contribution in [-0.2, 0) is 14.3 Å². The van der Waals surface area contributed by atoms with Crippen LogP contribution in [0.25, 0.3) is 0 Å². The van der Waals surface area contributed by atoms with E-state index < -0.39 is 6.10 Å². The molecule has 6 heteroatoms. The lowest BCUT2D eigenvalue weighted by atomic mass is 9.98. The van der Waals surface area contributed by atoms with Gasteiger partial charge in [0.05, 0.1) is 30.5 Å². The molecule has 0 radical (unpaired) electrons. The van der Waals surface area contributed by atoms with E-state index in [4.69, 9.17) is 9.47 Å². The van der Waals surface area contributed by atoms with Crippen molar-refractivity contribution in [2.75, 3.05) is 32.9 Å². The van der Waals surface area contributed by atoms with Crippen molar-refractivity contribution in [2.45, 2.75) is 38.7 Å². The summed E-state index contributed by atoms with van der Waals surface area (Å²) in [5.74, 6) is 0.439. The van der Waals surface area contributed by atoms with Gasteiger partial charge in [-0.15, -0.1) is 11.3 Å². The number of hydrogen-bond acceptors (Lipinski definition) is 5. The molecule has 116 valence electrons. The first-order chi connectivity index (χ1) is 10.1. The zero-order valence-electron chi connectivity index (χ0n) is 12.6. The Morgan fingerprint density at radius 3 is 2.90 bits per heavy atom. The van der Waals surface area contributed by atoms with Crippen LogP contribution in [0.15, 0.2) is 0 Å². The van der Waals surface area contributed by atoms with Crippen molar-refractivity contribution < 1.29 is 14.3 Å². The maximum Gasteiger partial charge on any atom is 0.254 e. The second kappa shape index (κ2) is 6.42. The second-order valence-corrected chi connectivity index (χ2v) is 6.99. The van der Waals surface area contributed by atoms with Gasteiger partial charge in [0.15, 0.2) is 6.10 Å². The van der Waals surface area contributed by atoms with E-state index in [2.05, 4.69) is 11.9 Å². The summed E-state index contributed by atoms with van der Waals surface area (Å²) in [4.78, 5) is 20.4. The van der Waals surface area contributed by atoms with Crippen molar-refractivity contribution in [1.82, 2.24) is 9.88 Å². The Bertz CT molecular complexity index is 492. The smallest absolute Gasteiger partial charge is 0.254 e. The van der Waals surface area contributed by atoms with Crippen molar-refractivity contribution in [3.05, 3.63) is 15.6 Å². The highest BCUT2D eigenvalue weighted by Gasteiger charge is 2.32. The van der Waals surface area contributed by atoms with E-state index in [1.807, 2.05) is 11.8 Å². The lowest BCUT2D eigenvalue weighted by Gasteiger charge is -2.35. The molecule has 2 saturated heterocycles. The van der Waals surface area contributed by atoms with Crippen molar-refractivity contribution in [3.8, 4) is 0 Å². The number of aryl methyl sites for hydroxylation is 2. The van der Waals surface area contributed by atoms with Gasteiger partial charge in [-0.25, -0.2) is 4.98 Å². The van der Waals surface area contributed by atoms with E-state index in [0.717, 1.165) is 31.6 Å². The molecule has 1 amide bonds. The highest BCUT2D eigenvalue weighted by Crippen LogP contribution is 2.31. The molecule has 3 heterocycles. The zero-order chi connectivity index (χ0) is 14.8. The number of nitrogens with zero attached hydrogens (tertiary/aromatic N) is 2. The van der Waals surface area contributed by atoms with E-state index in [-0.39, 0.29) is 5.91 Å². The molecule has 2 aliphatic heterocycles. The Labute approximate surface area is 129 Å². The third-order valence-electron chi connectivity index (χ3n) is 4.22. The molecule has 0 spiro atoms. The summed E-state index contributed by atoms with van der Waals surface area (Å²) >= 11 is 1.77. The van der Waals surface area contributed by atoms with Gasteiger partial charge < -0.3 is 14.4 Å². The molecule has 0 saturated carbocycles. The van der Waals surface area contributed by atoms with E-state index >= 15 is 0 Å². The average Bonchev–Trinajstić information content (AvgIpc) is 2.87. The quantitative estimate of drug-likeness (QED) is 0.837. The minimum absolute atomic E-state index is 0.0735. The van der Waals surface area contributed by atoms with Crippen molar-refractivity contribution in [2.24, 2.45) is 0 Å². The largest absolute Gasteiger partial charge is 0.376 e. The van der Waals surface area contributed by atoms with Gasteiger partial charge in [0.25, 0.3) is 5.91 Å². The molecule has 3 rings (SSSR count). The predicted molar refractivity (Wildman–Crippen MR) is 80.7 cm³/mol. The molecular formula is C15H22N2O3S. The molecule has 0 bridgehead atoms. The predicted octanol–water partition coefficient (Wildman–Crippen LogP) is 1.88. The molecule has 2 fully saturated rings. The third kappa shape index (κ3) is 3.27. The summed E-state index contributed by atoms with van der Waals surface area (Å²) in [5.41, 5.74) is 1.11.